The van der Waals surface area contributed by atoms with Crippen LogP contribution in [0.1, 0.15) is 32.6 Å². The van der Waals surface area contributed by atoms with E-state index in [9.17, 15) is 4.79 Å². The van der Waals surface area contributed by atoms with Crippen molar-refractivity contribution in [3.05, 3.63) is 24.3 Å². The summed E-state index contributed by atoms with van der Waals surface area (Å²) in [6, 6.07) is 7.66. The van der Waals surface area contributed by atoms with Gasteiger partial charge >= 0.3 is 0 Å². The quantitative estimate of drug-likeness (QED) is 0.906. The first-order valence-electron chi connectivity index (χ1n) is 7.77. The smallest absolute Gasteiger partial charge is 0.261 e. The minimum Gasteiger partial charge on any atom is -0.497 e. The largest absolute Gasteiger partial charge is 0.497 e. The maximum Gasteiger partial charge on any atom is 0.261 e. The molecule has 2 aliphatic rings. The third-order valence-electron chi connectivity index (χ3n) is 4.81. The topological polar surface area (TPSA) is 47.6 Å². The van der Waals surface area contributed by atoms with Crippen LogP contribution in [-0.2, 0) is 4.79 Å². The van der Waals surface area contributed by atoms with Crippen molar-refractivity contribution >= 4 is 5.91 Å². The van der Waals surface area contributed by atoms with Crippen LogP contribution < -0.4 is 14.8 Å². The fraction of sp³-hybridized carbons (Fsp3) is 0.588. The maximum atomic E-state index is 12.2. The second-order valence-electron chi connectivity index (χ2n) is 6.23. The molecule has 0 aromatic heterocycles. The van der Waals surface area contributed by atoms with Crippen LogP contribution in [0.3, 0.4) is 0 Å². The lowest BCUT2D eigenvalue weighted by molar-refractivity contribution is -0.128. The Morgan fingerprint density at radius 1 is 1.19 bits per heavy atom. The summed E-state index contributed by atoms with van der Waals surface area (Å²) in [5.74, 6) is 2.97. The Labute approximate surface area is 125 Å². The molecule has 4 atom stereocenters. The minimum absolute atomic E-state index is 0.0108. The number of methoxy groups -OCH3 is 1. The molecule has 0 heterocycles. The van der Waals surface area contributed by atoms with Crippen molar-refractivity contribution in [1.29, 1.82) is 0 Å². The zero-order valence-corrected chi connectivity index (χ0v) is 12.7. The molecule has 21 heavy (non-hydrogen) atoms. The van der Waals surface area contributed by atoms with Crippen molar-refractivity contribution in [2.24, 2.45) is 11.8 Å². The molecule has 114 valence electrons. The summed E-state index contributed by atoms with van der Waals surface area (Å²) in [5, 5.41) is 3.16. The highest BCUT2D eigenvalue weighted by molar-refractivity contribution is 5.81. The normalized spacial score (nSPS) is 28.2. The summed E-state index contributed by atoms with van der Waals surface area (Å²) in [6.45, 7) is 1.80. The first-order valence-corrected chi connectivity index (χ1v) is 7.77. The predicted molar refractivity (Wildman–Crippen MR) is 80.5 cm³/mol. The standard InChI is InChI=1S/C17H23NO3/c1-11(21-15-7-5-14(20-2)6-8-15)17(19)18-16-10-12-3-4-13(16)9-12/h5-8,11-13,16H,3-4,9-10H2,1-2H3,(H,18,19)/t11-,12+,13+,16-/m1/s1. The van der Waals surface area contributed by atoms with Crippen LogP contribution in [0.25, 0.3) is 0 Å². The third-order valence-corrected chi connectivity index (χ3v) is 4.81. The van der Waals surface area contributed by atoms with Crippen molar-refractivity contribution < 1.29 is 14.3 Å². The van der Waals surface area contributed by atoms with E-state index >= 15 is 0 Å². The van der Waals surface area contributed by atoms with E-state index < -0.39 is 6.10 Å². The Bertz CT molecular complexity index is 499. The van der Waals surface area contributed by atoms with E-state index in [2.05, 4.69) is 5.32 Å². The molecule has 0 spiro atoms. The molecule has 0 radical (unpaired) electrons. The van der Waals surface area contributed by atoms with Crippen molar-refractivity contribution in [3.63, 3.8) is 0 Å². The Hall–Kier alpha value is -1.71. The van der Waals surface area contributed by atoms with Crippen LogP contribution in [0, 0.1) is 11.8 Å². The average molecular weight is 289 g/mol. The molecular weight excluding hydrogens is 266 g/mol. The molecule has 2 saturated carbocycles. The monoisotopic (exact) mass is 289 g/mol. The maximum absolute atomic E-state index is 12.2. The van der Waals surface area contributed by atoms with Gasteiger partial charge in [0.1, 0.15) is 11.5 Å². The first kappa shape index (κ1) is 14.2. The lowest BCUT2D eigenvalue weighted by Crippen LogP contribution is -2.44. The summed E-state index contributed by atoms with van der Waals surface area (Å²) in [4.78, 5) is 12.2. The summed E-state index contributed by atoms with van der Waals surface area (Å²) >= 11 is 0. The fourth-order valence-electron chi connectivity index (χ4n) is 3.63. The number of benzene rings is 1. The van der Waals surface area contributed by atoms with E-state index in [1.54, 1.807) is 14.0 Å². The Kier molecular flexibility index (Phi) is 4.04. The highest BCUT2D eigenvalue weighted by atomic mass is 16.5. The molecule has 1 aromatic carbocycles. The first-order chi connectivity index (χ1) is 10.2. The molecule has 1 amide bonds. The van der Waals surface area contributed by atoms with Gasteiger partial charge in [0.15, 0.2) is 6.10 Å². The van der Waals surface area contributed by atoms with Gasteiger partial charge in [0.2, 0.25) is 0 Å². The predicted octanol–water partition coefficient (Wildman–Crippen LogP) is 2.77. The van der Waals surface area contributed by atoms with Crippen molar-refractivity contribution in [1.82, 2.24) is 5.32 Å². The third kappa shape index (κ3) is 3.14. The van der Waals surface area contributed by atoms with Gasteiger partial charge in [-0.2, -0.15) is 0 Å². The molecule has 2 fully saturated rings. The molecule has 0 saturated heterocycles. The molecule has 3 rings (SSSR count). The van der Waals surface area contributed by atoms with E-state index in [1.807, 2.05) is 24.3 Å². The number of rotatable bonds is 5. The summed E-state index contributed by atoms with van der Waals surface area (Å²) < 4.78 is 10.8. The number of hydrogen-bond acceptors (Lipinski definition) is 3. The Balaban J connectivity index is 1.52. The summed E-state index contributed by atoms with van der Waals surface area (Å²) in [7, 11) is 1.63. The van der Waals surface area contributed by atoms with Crippen LogP contribution in [-0.4, -0.2) is 25.2 Å². The highest BCUT2D eigenvalue weighted by Gasteiger charge is 2.40. The van der Waals surface area contributed by atoms with Crippen LogP contribution in [0.2, 0.25) is 0 Å². The summed E-state index contributed by atoms with van der Waals surface area (Å²) in [6.07, 6.45) is 4.57. The number of ether oxygens (including phenoxy) is 2. The molecule has 1 aromatic rings. The second kappa shape index (κ2) is 5.96. The number of nitrogens with one attached hydrogen (secondary N) is 1. The van der Waals surface area contributed by atoms with Crippen LogP contribution in [0.5, 0.6) is 11.5 Å². The zero-order valence-electron chi connectivity index (χ0n) is 12.7. The molecular formula is C17H23NO3. The van der Waals surface area contributed by atoms with Gasteiger partial charge in [-0.15, -0.1) is 0 Å². The van der Waals surface area contributed by atoms with Gasteiger partial charge in [0, 0.05) is 6.04 Å². The number of hydrogen-bond donors (Lipinski definition) is 1. The van der Waals surface area contributed by atoms with E-state index in [1.165, 1.54) is 19.3 Å². The van der Waals surface area contributed by atoms with E-state index in [0.29, 0.717) is 17.7 Å². The van der Waals surface area contributed by atoms with Gasteiger partial charge in [0.05, 0.1) is 7.11 Å². The van der Waals surface area contributed by atoms with Crippen LogP contribution in [0.4, 0.5) is 0 Å². The molecule has 2 bridgehead atoms. The van der Waals surface area contributed by atoms with Crippen LogP contribution >= 0.6 is 0 Å². The Morgan fingerprint density at radius 2 is 1.90 bits per heavy atom. The molecule has 2 aliphatic carbocycles. The van der Waals surface area contributed by atoms with Gasteiger partial charge in [-0.05, 0) is 62.3 Å². The molecule has 1 N–H and O–H groups in total. The lowest BCUT2D eigenvalue weighted by atomic mass is 9.95. The van der Waals surface area contributed by atoms with E-state index in [4.69, 9.17) is 9.47 Å². The fourth-order valence-corrected chi connectivity index (χ4v) is 3.63. The van der Waals surface area contributed by atoms with Gasteiger partial charge in [-0.25, -0.2) is 0 Å². The molecule has 4 heteroatoms. The number of carbonyl (C=O) groups is 1. The number of amides is 1. The highest BCUT2D eigenvalue weighted by Crippen LogP contribution is 2.44. The zero-order chi connectivity index (χ0) is 14.8. The van der Waals surface area contributed by atoms with Crippen molar-refractivity contribution in [3.8, 4) is 11.5 Å². The van der Waals surface area contributed by atoms with Gasteiger partial charge < -0.3 is 14.8 Å². The van der Waals surface area contributed by atoms with Gasteiger partial charge in [0.25, 0.3) is 5.91 Å². The number of fused-ring (bicyclic) bond motifs is 2. The lowest BCUT2D eigenvalue weighted by Gasteiger charge is -2.24. The molecule has 0 unspecified atom stereocenters. The van der Waals surface area contributed by atoms with Gasteiger partial charge in [-0.3, -0.25) is 4.79 Å². The second-order valence-corrected chi connectivity index (χ2v) is 6.23. The Morgan fingerprint density at radius 3 is 2.48 bits per heavy atom. The van der Waals surface area contributed by atoms with E-state index in [0.717, 1.165) is 18.1 Å². The van der Waals surface area contributed by atoms with Crippen molar-refractivity contribution in [2.45, 2.75) is 44.8 Å². The van der Waals surface area contributed by atoms with E-state index in [-0.39, 0.29) is 5.91 Å². The minimum atomic E-state index is -0.475. The van der Waals surface area contributed by atoms with Gasteiger partial charge in [-0.1, -0.05) is 6.42 Å². The summed E-state index contributed by atoms with van der Waals surface area (Å²) in [5.41, 5.74) is 0. The molecule has 4 nitrogen and oxygen atoms in total. The average Bonchev–Trinajstić information content (AvgIpc) is 3.10. The SMILES string of the molecule is COc1ccc(O[C@H](C)C(=O)N[C@@H]2C[C@H]3CC[C@H]2C3)cc1. The van der Waals surface area contributed by atoms with Crippen molar-refractivity contribution in [2.75, 3.05) is 7.11 Å². The molecule has 0 aliphatic heterocycles. The number of carbonyl (C=O) groups excluding carboxylic acids is 1. The van der Waals surface area contributed by atoms with Crippen LogP contribution in [0.15, 0.2) is 24.3 Å².